The van der Waals surface area contributed by atoms with Gasteiger partial charge >= 0.3 is 5.97 Å². The highest BCUT2D eigenvalue weighted by Crippen LogP contribution is 2.26. The Balaban J connectivity index is 1.41. The Morgan fingerprint density at radius 3 is 2.50 bits per heavy atom. The fourth-order valence-electron chi connectivity index (χ4n) is 4.00. The minimum Gasteiger partial charge on any atom is -0.494 e. The Morgan fingerprint density at radius 2 is 1.79 bits per heavy atom. The zero-order valence-corrected chi connectivity index (χ0v) is 19.9. The molecule has 0 aliphatic heterocycles. The zero-order chi connectivity index (χ0) is 24.1. The number of ether oxygens (including phenoxy) is 1. The van der Waals surface area contributed by atoms with E-state index in [9.17, 15) is 9.90 Å². The summed E-state index contributed by atoms with van der Waals surface area (Å²) in [6.07, 6.45) is 6.33. The fourth-order valence-corrected chi connectivity index (χ4v) is 4.00. The number of nitrogens with zero attached hydrogens (tertiary/aromatic N) is 4. The minimum absolute atomic E-state index is 0.00862. The largest absolute Gasteiger partial charge is 0.494 e. The Kier molecular flexibility index (Phi) is 7.11. The monoisotopic (exact) mass is 458 g/mol. The molecule has 0 fully saturated rings. The number of carbonyl (C=O) groups is 1. The Hall–Kier alpha value is -3.87. The normalized spacial score (nSPS) is 11.0. The molecule has 2 aromatic heterocycles. The number of aromatic nitrogens is 3. The van der Waals surface area contributed by atoms with Crippen molar-refractivity contribution in [2.45, 2.75) is 33.2 Å². The first-order valence-electron chi connectivity index (χ1n) is 11.4. The predicted molar refractivity (Wildman–Crippen MR) is 133 cm³/mol. The van der Waals surface area contributed by atoms with Gasteiger partial charge in [0.15, 0.2) is 0 Å². The summed E-state index contributed by atoms with van der Waals surface area (Å²) in [6.45, 7) is 6.06. The van der Waals surface area contributed by atoms with E-state index in [2.05, 4.69) is 46.1 Å². The molecular formula is C27H30N4O3. The smallest absolute Gasteiger partial charge is 0.307 e. The Morgan fingerprint density at radius 1 is 1.06 bits per heavy atom. The van der Waals surface area contributed by atoms with Gasteiger partial charge in [0.25, 0.3) is 0 Å². The summed E-state index contributed by atoms with van der Waals surface area (Å²) in [5.41, 5.74) is 5.25. The van der Waals surface area contributed by atoms with Crippen LogP contribution in [0.25, 0.3) is 10.9 Å². The van der Waals surface area contributed by atoms with Crippen molar-refractivity contribution in [2.75, 3.05) is 18.1 Å². The van der Waals surface area contributed by atoms with Gasteiger partial charge in [-0.1, -0.05) is 29.8 Å². The standard InChI is InChI=1S/C27H30N4O3/c1-19-5-7-21(8-6-19)17-31(27-28-15-20(2)16-29-27)11-4-12-34-23-9-10-25-24(14-23)22(13-26(32)33)18-30(25)3/h5-10,14-16,18H,4,11-13,17H2,1-3H3,(H,32,33). The van der Waals surface area contributed by atoms with Crippen LogP contribution in [-0.2, 0) is 24.8 Å². The summed E-state index contributed by atoms with van der Waals surface area (Å²) in [5.74, 6) is 0.600. The van der Waals surface area contributed by atoms with Crippen molar-refractivity contribution in [3.63, 3.8) is 0 Å². The maximum Gasteiger partial charge on any atom is 0.307 e. The van der Waals surface area contributed by atoms with Gasteiger partial charge in [-0.25, -0.2) is 9.97 Å². The summed E-state index contributed by atoms with van der Waals surface area (Å²) < 4.78 is 7.98. The number of aryl methyl sites for hydroxylation is 3. The maximum absolute atomic E-state index is 11.2. The SMILES string of the molecule is Cc1ccc(CN(CCCOc2ccc3c(c2)c(CC(=O)O)cn3C)c2ncc(C)cn2)cc1. The van der Waals surface area contributed by atoms with E-state index in [1.807, 2.05) is 55.3 Å². The lowest BCUT2D eigenvalue weighted by Crippen LogP contribution is -2.27. The molecule has 176 valence electrons. The van der Waals surface area contributed by atoms with Crippen LogP contribution >= 0.6 is 0 Å². The second kappa shape index (κ2) is 10.4. The topological polar surface area (TPSA) is 80.5 Å². The molecule has 0 aliphatic carbocycles. The van der Waals surface area contributed by atoms with Gasteiger partial charge in [0.2, 0.25) is 5.95 Å². The summed E-state index contributed by atoms with van der Waals surface area (Å²) in [7, 11) is 1.92. The summed E-state index contributed by atoms with van der Waals surface area (Å²) >= 11 is 0. The predicted octanol–water partition coefficient (Wildman–Crippen LogP) is 4.69. The third-order valence-corrected chi connectivity index (χ3v) is 5.77. The number of carboxylic acids is 1. The van der Waals surface area contributed by atoms with Crippen LogP contribution in [0.3, 0.4) is 0 Å². The van der Waals surface area contributed by atoms with E-state index in [0.29, 0.717) is 12.6 Å². The second-order valence-corrected chi connectivity index (χ2v) is 8.68. The molecule has 0 unspecified atom stereocenters. The van der Waals surface area contributed by atoms with Crippen LogP contribution in [0.4, 0.5) is 5.95 Å². The number of hydrogen-bond acceptors (Lipinski definition) is 5. The minimum atomic E-state index is -0.842. The van der Waals surface area contributed by atoms with Crippen LogP contribution in [0.1, 0.15) is 28.7 Å². The lowest BCUT2D eigenvalue weighted by Gasteiger charge is -2.23. The number of benzene rings is 2. The molecule has 0 bridgehead atoms. The van der Waals surface area contributed by atoms with Crippen molar-refractivity contribution in [3.05, 3.63) is 83.3 Å². The highest BCUT2D eigenvalue weighted by Gasteiger charge is 2.13. The lowest BCUT2D eigenvalue weighted by molar-refractivity contribution is -0.136. The van der Waals surface area contributed by atoms with Crippen LogP contribution in [0.15, 0.2) is 61.1 Å². The molecule has 0 spiro atoms. The number of carboxylic acid groups (broad SMARTS) is 1. The molecule has 0 amide bonds. The highest BCUT2D eigenvalue weighted by atomic mass is 16.5. The molecule has 7 heteroatoms. The molecule has 4 rings (SSSR count). The number of fused-ring (bicyclic) bond motifs is 1. The van der Waals surface area contributed by atoms with E-state index in [0.717, 1.165) is 47.3 Å². The quantitative estimate of drug-likeness (QED) is 0.347. The highest BCUT2D eigenvalue weighted by molar-refractivity contribution is 5.88. The Bertz CT molecular complexity index is 1260. The van der Waals surface area contributed by atoms with Crippen LogP contribution in [0.5, 0.6) is 5.75 Å². The second-order valence-electron chi connectivity index (χ2n) is 8.68. The van der Waals surface area contributed by atoms with Gasteiger partial charge in [0, 0.05) is 49.6 Å². The van der Waals surface area contributed by atoms with Gasteiger partial charge in [-0.2, -0.15) is 0 Å². The third-order valence-electron chi connectivity index (χ3n) is 5.77. The Labute approximate surface area is 199 Å². The van der Waals surface area contributed by atoms with Crippen molar-refractivity contribution >= 4 is 22.8 Å². The van der Waals surface area contributed by atoms with E-state index in [-0.39, 0.29) is 6.42 Å². The van der Waals surface area contributed by atoms with Crippen molar-refractivity contribution in [3.8, 4) is 5.75 Å². The molecule has 2 heterocycles. The zero-order valence-electron chi connectivity index (χ0n) is 19.9. The van der Waals surface area contributed by atoms with Crippen LogP contribution in [-0.4, -0.2) is 38.8 Å². The van der Waals surface area contributed by atoms with E-state index in [4.69, 9.17) is 4.74 Å². The molecule has 2 aromatic carbocycles. The summed E-state index contributed by atoms with van der Waals surface area (Å²) in [5, 5.41) is 10.1. The first kappa shape index (κ1) is 23.3. The number of anilines is 1. The van der Waals surface area contributed by atoms with Gasteiger partial charge < -0.3 is 19.3 Å². The van der Waals surface area contributed by atoms with Gasteiger partial charge in [-0.05, 0) is 55.2 Å². The van der Waals surface area contributed by atoms with Crippen molar-refractivity contribution < 1.29 is 14.6 Å². The number of aliphatic carboxylic acids is 1. The molecule has 0 radical (unpaired) electrons. The molecular weight excluding hydrogens is 428 g/mol. The van der Waals surface area contributed by atoms with Gasteiger partial charge in [0.1, 0.15) is 5.75 Å². The summed E-state index contributed by atoms with van der Waals surface area (Å²) in [4.78, 5) is 22.4. The first-order valence-corrected chi connectivity index (χ1v) is 11.4. The van der Waals surface area contributed by atoms with E-state index >= 15 is 0 Å². The molecule has 1 N–H and O–H groups in total. The summed E-state index contributed by atoms with van der Waals surface area (Å²) in [6, 6.07) is 14.3. The fraction of sp³-hybridized carbons (Fsp3) is 0.296. The van der Waals surface area contributed by atoms with Crippen molar-refractivity contribution in [1.29, 1.82) is 0 Å². The first-order chi connectivity index (χ1) is 16.4. The maximum atomic E-state index is 11.2. The van der Waals surface area contributed by atoms with Crippen molar-refractivity contribution in [1.82, 2.24) is 14.5 Å². The van der Waals surface area contributed by atoms with Crippen molar-refractivity contribution in [2.24, 2.45) is 7.05 Å². The molecule has 4 aromatic rings. The van der Waals surface area contributed by atoms with Crippen LogP contribution in [0, 0.1) is 13.8 Å². The third kappa shape index (κ3) is 5.73. The number of rotatable bonds is 10. The average Bonchev–Trinajstić information content (AvgIpc) is 3.11. The van der Waals surface area contributed by atoms with Gasteiger partial charge in [-0.3, -0.25) is 4.79 Å². The molecule has 0 saturated heterocycles. The molecule has 7 nitrogen and oxygen atoms in total. The van der Waals surface area contributed by atoms with Gasteiger partial charge in [-0.15, -0.1) is 0 Å². The van der Waals surface area contributed by atoms with E-state index in [1.54, 1.807) is 0 Å². The van der Waals surface area contributed by atoms with Crippen LogP contribution < -0.4 is 9.64 Å². The molecule has 0 aliphatic rings. The van der Waals surface area contributed by atoms with Crippen LogP contribution in [0.2, 0.25) is 0 Å². The average molecular weight is 459 g/mol. The van der Waals surface area contributed by atoms with Gasteiger partial charge in [0.05, 0.1) is 13.0 Å². The molecule has 34 heavy (non-hydrogen) atoms. The van der Waals surface area contributed by atoms with E-state index < -0.39 is 5.97 Å². The molecule has 0 saturated carbocycles. The van der Waals surface area contributed by atoms with E-state index in [1.165, 1.54) is 11.1 Å². The lowest BCUT2D eigenvalue weighted by atomic mass is 10.1. The number of hydrogen-bond donors (Lipinski definition) is 1. The molecule has 0 atom stereocenters.